The number of carboxylic acids is 2. The molecule has 0 unspecified atom stereocenters. The maximum Gasteiger partial charge on any atom is 0.338 e. The van der Waals surface area contributed by atoms with Crippen molar-refractivity contribution in [2.45, 2.75) is 237 Å². The van der Waals surface area contributed by atoms with Crippen molar-refractivity contribution in [3.63, 3.8) is 0 Å². The Morgan fingerprint density at radius 3 is 1.52 bits per heavy atom. The van der Waals surface area contributed by atoms with E-state index in [0.29, 0.717) is 12.0 Å². The Balaban J connectivity index is 1.60. The van der Waals surface area contributed by atoms with Crippen molar-refractivity contribution in [1.82, 2.24) is 5.32 Å². The molecule has 0 aromatic heterocycles. The molecule has 14 heteroatoms. The summed E-state index contributed by atoms with van der Waals surface area (Å²) in [6.45, 7) is 2.69. The zero-order chi connectivity index (χ0) is 56.4. The molecular formula is C65H97NO13. The van der Waals surface area contributed by atoms with Gasteiger partial charge < -0.3 is 48.7 Å². The molecule has 0 aliphatic carbocycles. The summed E-state index contributed by atoms with van der Waals surface area (Å²) < 4.78 is 44.6. The van der Waals surface area contributed by atoms with Crippen LogP contribution in [0.15, 0.2) is 103 Å². The number of carbonyl (C=O) groups is 4. The molecule has 79 heavy (non-hydrogen) atoms. The van der Waals surface area contributed by atoms with Crippen LogP contribution in [0, 0.1) is 0 Å². The van der Waals surface area contributed by atoms with Crippen molar-refractivity contribution in [1.29, 1.82) is 0 Å². The molecule has 1 aliphatic heterocycles. The number of amides is 1. The largest absolute Gasteiger partial charge is 0.480 e. The topological polar surface area (TPSA) is 185 Å². The molecule has 3 aromatic rings. The second-order valence-electron chi connectivity index (χ2n) is 21.1. The smallest absolute Gasteiger partial charge is 0.338 e. The van der Waals surface area contributed by atoms with E-state index in [1.807, 2.05) is 78.9 Å². The first-order chi connectivity index (χ1) is 38.7. The summed E-state index contributed by atoms with van der Waals surface area (Å²) in [6.07, 6.45) is 27.0. The molecule has 0 bridgehead atoms. The molecule has 1 heterocycles. The third-order valence-electron chi connectivity index (χ3n) is 14.3. The number of benzene rings is 3. The fourth-order valence-electron chi connectivity index (χ4n) is 9.85. The number of rotatable bonds is 47. The molecule has 3 N–H and O–H groups in total. The summed E-state index contributed by atoms with van der Waals surface area (Å²) in [6, 6.07) is 26.7. The lowest BCUT2D eigenvalue weighted by molar-refractivity contribution is -0.327. The number of allylic oxidation sites excluding steroid dienone is 1. The van der Waals surface area contributed by atoms with Gasteiger partial charge in [0.05, 0.1) is 38.0 Å². The standard InChI is InChI=1S/C65H97NO13/c1-3-5-7-9-11-13-15-17-19-21-23-25-36-44-56(78-64(72)54-42-34-29-35-43-54)55(66-58(67)45-37-26-24-22-20-18-16-14-12-10-8-6-4-2)48-77-65-63(75-47-53-40-32-28-33-41-53)62(74-46-52-38-30-27-31-39-52)61(76-51-60(70)71)57(79-65)49-73-50-59(68)69/h27-36,38-44,55-57,61-63,65H,3-26,37,45-51H2,1-2H3,(H,66,67)(H,68,69)(H,70,71)/b44-36+/t55-,56+,57+,61-,62-,63+,65-/m0/s1. The van der Waals surface area contributed by atoms with Crippen molar-refractivity contribution in [2.24, 2.45) is 0 Å². The van der Waals surface area contributed by atoms with E-state index in [1.54, 1.807) is 24.3 Å². The molecule has 440 valence electrons. The van der Waals surface area contributed by atoms with Crippen LogP contribution in [0.4, 0.5) is 0 Å². The fourth-order valence-corrected chi connectivity index (χ4v) is 9.85. The lowest BCUT2D eigenvalue weighted by Crippen LogP contribution is -2.62. The molecule has 0 radical (unpaired) electrons. The van der Waals surface area contributed by atoms with Crippen molar-refractivity contribution in [3.05, 3.63) is 120 Å². The second-order valence-corrected chi connectivity index (χ2v) is 21.1. The summed E-state index contributed by atoms with van der Waals surface area (Å²) in [5, 5.41) is 22.5. The van der Waals surface area contributed by atoms with E-state index in [0.717, 1.165) is 56.1 Å². The zero-order valence-electron chi connectivity index (χ0n) is 47.9. The molecule has 1 saturated heterocycles. The summed E-state index contributed by atoms with van der Waals surface area (Å²) in [5.74, 6) is -3.24. The lowest BCUT2D eigenvalue weighted by Gasteiger charge is -2.46. The van der Waals surface area contributed by atoms with Gasteiger partial charge in [-0.2, -0.15) is 0 Å². The highest BCUT2D eigenvalue weighted by Crippen LogP contribution is 2.32. The number of nitrogens with one attached hydrogen (secondary N) is 1. The molecule has 14 nitrogen and oxygen atoms in total. The van der Waals surface area contributed by atoms with E-state index >= 15 is 0 Å². The maximum absolute atomic E-state index is 14.1. The minimum absolute atomic E-state index is 0.0678. The molecule has 1 amide bonds. The van der Waals surface area contributed by atoms with Crippen LogP contribution < -0.4 is 5.32 Å². The maximum atomic E-state index is 14.1. The van der Waals surface area contributed by atoms with Crippen LogP contribution in [0.25, 0.3) is 0 Å². The number of unbranched alkanes of at least 4 members (excludes halogenated alkanes) is 23. The molecule has 3 aromatic carbocycles. The van der Waals surface area contributed by atoms with Crippen LogP contribution in [0.5, 0.6) is 0 Å². The number of hydrogen-bond acceptors (Lipinski definition) is 11. The van der Waals surface area contributed by atoms with Crippen LogP contribution in [0.3, 0.4) is 0 Å². The Morgan fingerprint density at radius 1 is 0.544 bits per heavy atom. The summed E-state index contributed by atoms with van der Waals surface area (Å²) in [5.41, 5.74) is 1.99. The van der Waals surface area contributed by atoms with Crippen molar-refractivity contribution in [3.8, 4) is 0 Å². The van der Waals surface area contributed by atoms with Gasteiger partial charge in [0.15, 0.2) is 6.29 Å². The van der Waals surface area contributed by atoms with Gasteiger partial charge in [0.1, 0.15) is 43.7 Å². The Hall–Kier alpha value is -4.96. The molecule has 7 atom stereocenters. The SMILES string of the molecule is CCCCCCCCCCCCC/C=C/[C@@H](OC(=O)c1ccccc1)[C@H](CO[C@H]1O[C@H](COCC(=O)O)[C@H](OCC(=O)O)[C@H](OCc2ccccc2)[C@H]1OCc1ccccc1)NC(=O)CCCCCCCCCCCCCCC. The lowest BCUT2D eigenvalue weighted by atomic mass is 9.97. The Labute approximate surface area is 473 Å². The highest BCUT2D eigenvalue weighted by atomic mass is 16.7. The van der Waals surface area contributed by atoms with Gasteiger partial charge in [0, 0.05) is 6.42 Å². The van der Waals surface area contributed by atoms with Crippen molar-refractivity contribution in [2.75, 3.05) is 26.4 Å². The van der Waals surface area contributed by atoms with Gasteiger partial charge in [-0.05, 0) is 48.6 Å². The van der Waals surface area contributed by atoms with Gasteiger partial charge in [-0.25, -0.2) is 14.4 Å². The first-order valence-corrected chi connectivity index (χ1v) is 30.1. The van der Waals surface area contributed by atoms with Gasteiger partial charge in [0.25, 0.3) is 0 Å². The monoisotopic (exact) mass is 1100 g/mol. The quantitative estimate of drug-likeness (QED) is 0.0276. The van der Waals surface area contributed by atoms with Gasteiger partial charge >= 0.3 is 17.9 Å². The number of ether oxygens (including phenoxy) is 7. The van der Waals surface area contributed by atoms with Gasteiger partial charge in [-0.1, -0.05) is 240 Å². The van der Waals surface area contributed by atoms with Crippen LogP contribution >= 0.6 is 0 Å². The Kier molecular flexibility index (Phi) is 36.1. The number of esters is 1. The van der Waals surface area contributed by atoms with Gasteiger partial charge in [-0.3, -0.25) is 4.79 Å². The highest BCUT2D eigenvalue weighted by molar-refractivity contribution is 5.89. The first-order valence-electron chi connectivity index (χ1n) is 30.1. The molecule has 1 aliphatic rings. The number of hydrogen-bond donors (Lipinski definition) is 3. The van der Waals surface area contributed by atoms with Crippen LogP contribution in [-0.2, 0) is 60.8 Å². The minimum Gasteiger partial charge on any atom is -0.480 e. The minimum atomic E-state index is -1.28. The van der Waals surface area contributed by atoms with Gasteiger partial charge in [0.2, 0.25) is 5.91 Å². The first kappa shape index (κ1) is 66.6. The number of aliphatic carboxylic acids is 2. The number of carboxylic acid groups (broad SMARTS) is 2. The molecule has 0 spiro atoms. The van der Waals surface area contributed by atoms with Crippen LogP contribution in [-0.4, -0.2) is 103 Å². The molecule has 4 rings (SSSR count). The summed E-state index contributed by atoms with van der Waals surface area (Å²) in [7, 11) is 0. The summed E-state index contributed by atoms with van der Waals surface area (Å²) >= 11 is 0. The van der Waals surface area contributed by atoms with Crippen LogP contribution in [0.1, 0.15) is 202 Å². The van der Waals surface area contributed by atoms with E-state index in [2.05, 4.69) is 19.2 Å². The summed E-state index contributed by atoms with van der Waals surface area (Å²) in [4.78, 5) is 51.8. The van der Waals surface area contributed by atoms with E-state index in [1.165, 1.54) is 109 Å². The fraction of sp³-hybridized carbons (Fsp3) is 0.631. The number of carbonyl (C=O) groups excluding carboxylic acids is 2. The Morgan fingerprint density at radius 2 is 1.01 bits per heavy atom. The average Bonchev–Trinajstić information content (AvgIpc) is 3.47. The van der Waals surface area contributed by atoms with E-state index < -0.39 is 74.0 Å². The Bertz CT molecular complexity index is 2060. The van der Waals surface area contributed by atoms with Crippen molar-refractivity contribution >= 4 is 23.8 Å². The van der Waals surface area contributed by atoms with E-state index in [-0.39, 0.29) is 38.8 Å². The van der Waals surface area contributed by atoms with E-state index in [4.69, 9.17) is 33.2 Å². The molecular weight excluding hydrogens is 1000 g/mol. The predicted molar refractivity (Wildman–Crippen MR) is 309 cm³/mol. The van der Waals surface area contributed by atoms with E-state index in [9.17, 15) is 29.4 Å². The third-order valence-corrected chi connectivity index (χ3v) is 14.3. The third kappa shape index (κ3) is 29.9. The highest BCUT2D eigenvalue weighted by Gasteiger charge is 2.50. The second kappa shape index (κ2) is 42.9. The average molecular weight is 1100 g/mol. The normalized spacial score (nSPS) is 18.1. The zero-order valence-corrected chi connectivity index (χ0v) is 47.9. The molecule has 0 saturated carbocycles. The van der Waals surface area contributed by atoms with Crippen molar-refractivity contribution < 1.29 is 62.5 Å². The van der Waals surface area contributed by atoms with Gasteiger partial charge in [-0.15, -0.1) is 0 Å². The molecule has 1 fully saturated rings. The predicted octanol–water partition coefficient (Wildman–Crippen LogP) is 13.9. The van der Waals surface area contributed by atoms with Crippen LogP contribution in [0.2, 0.25) is 0 Å².